The van der Waals surface area contributed by atoms with Crippen LogP contribution in [0.1, 0.15) is 43.5 Å². The highest BCUT2D eigenvalue weighted by Crippen LogP contribution is 2.20. The van der Waals surface area contributed by atoms with E-state index in [0.717, 1.165) is 56.8 Å². The Morgan fingerprint density at radius 3 is 2.72 bits per heavy atom. The van der Waals surface area contributed by atoms with Gasteiger partial charge in [-0.1, -0.05) is 13.8 Å². The van der Waals surface area contributed by atoms with Crippen LogP contribution in [0, 0.1) is 18.8 Å². The standard InChI is InChI=1S/C19H35N5S/c1-5-20-19(22-9-7-18-23-12-17(4)25-18)21-8-6-10-24-13-15(2)11-16(3)14-24/h12,15-16H,5-11,13-14H2,1-4H3,(H2,20,21,22). The van der Waals surface area contributed by atoms with Crippen LogP contribution in [-0.4, -0.2) is 55.1 Å². The monoisotopic (exact) mass is 365 g/mol. The zero-order valence-corrected chi connectivity index (χ0v) is 17.2. The van der Waals surface area contributed by atoms with Crippen molar-refractivity contribution < 1.29 is 0 Å². The molecule has 5 nitrogen and oxygen atoms in total. The first-order valence-electron chi connectivity index (χ1n) is 9.72. The molecule has 1 fully saturated rings. The highest BCUT2D eigenvalue weighted by atomic mass is 32.1. The number of thiazole rings is 1. The zero-order valence-electron chi connectivity index (χ0n) is 16.3. The summed E-state index contributed by atoms with van der Waals surface area (Å²) in [6.45, 7) is 15.3. The van der Waals surface area contributed by atoms with E-state index in [0.29, 0.717) is 0 Å². The van der Waals surface area contributed by atoms with Gasteiger partial charge in [0.2, 0.25) is 0 Å². The van der Waals surface area contributed by atoms with Gasteiger partial charge in [0.15, 0.2) is 5.96 Å². The van der Waals surface area contributed by atoms with Crippen LogP contribution in [0.4, 0.5) is 0 Å². The summed E-state index contributed by atoms with van der Waals surface area (Å²) in [7, 11) is 0. The first-order chi connectivity index (χ1) is 12.1. The summed E-state index contributed by atoms with van der Waals surface area (Å²) in [6, 6.07) is 0. The van der Waals surface area contributed by atoms with Crippen molar-refractivity contribution in [2.75, 3.05) is 39.3 Å². The topological polar surface area (TPSA) is 52.6 Å². The molecule has 1 aromatic heterocycles. The summed E-state index contributed by atoms with van der Waals surface area (Å²) in [5.41, 5.74) is 0. The van der Waals surface area contributed by atoms with E-state index in [1.165, 1.54) is 29.4 Å². The van der Waals surface area contributed by atoms with Crippen molar-refractivity contribution in [2.45, 2.75) is 47.0 Å². The van der Waals surface area contributed by atoms with Crippen LogP contribution >= 0.6 is 11.3 Å². The van der Waals surface area contributed by atoms with Gasteiger partial charge in [-0.05, 0) is 45.1 Å². The van der Waals surface area contributed by atoms with Crippen molar-refractivity contribution in [3.05, 3.63) is 16.1 Å². The molecule has 0 amide bonds. The van der Waals surface area contributed by atoms with Gasteiger partial charge in [0.1, 0.15) is 0 Å². The normalized spacial score (nSPS) is 22.2. The van der Waals surface area contributed by atoms with Gasteiger partial charge >= 0.3 is 0 Å². The van der Waals surface area contributed by atoms with Gasteiger partial charge in [0.25, 0.3) is 0 Å². The van der Waals surface area contributed by atoms with Crippen molar-refractivity contribution in [2.24, 2.45) is 16.8 Å². The molecule has 0 saturated carbocycles. The third-order valence-electron chi connectivity index (χ3n) is 4.49. The van der Waals surface area contributed by atoms with E-state index in [9.17, 15) is 0 Å². The molecule has 2 rings (SSSR count). The Labute approximate surface area is 157 Å². The first-order valence-corrected chi connectivity index (χ1v) is 10.5. The summed E-state index contributed by atoms with van der Waals surface area (Å²) < 4.78 is 0. The minimum atomic E-state index is 0.834. The van der Waals surface area contributed by atoms with Crippen LogP contribution in [-0.2, 0) is 6.42 Å². The molecule has 0 aromatic carbocycles. The Balaban J connectivity index is 1.67. The SMILES string of the molecule is CCNC(=NCCCN1CC(C)CC(C)C1)NCCc1ncc(C)s1. The van der Waals surface area contributed by atoms with Crippen LogP contribution in [0.5, 0.6) is 0 Å². The summed E-state index contributed by atoms with van der Waals surface area (Å²) in [5, 5.41) is 7.95. The van der Waals surface area contributed by atoms with Gasteiger partial charge in [0.05, 0.1) is 5.01 Å². The molecular weight excluding hydrogens is 330 g/mol. The second-order valence-corrected chi connectivity index (χ2v) is 8.68. The predicted octanol–water partition coefficient (Wildman–Crippen LogP) is 2.92. The van der Waals surface area contributed by atoms with Crippen molar-refractivity contribution in [3.8, 4) is 0 Å². The third kappa shape index (κ3) is 7.74. The van der Waals surface area contributed by atoms with Gasteiger partial charge in [-0.15, -0.1) is 11.3 Å². The highest BCUT2D eigenvalue weighted by molar-refractivity contribution is 7.11. The van der Waals surface area contributed by atoms with E-state index in [2.05, 4.69) is 48.2 Å². The van der Waals surface area contributed by atoms with Crippen LogP contribution in [0.3, 0.4) is 0 Å². The summed E-state index contributed by atoms with van der Waals surface area (Å²) >= 11 is 1.77. The van der Waals surface area contributed by atoms with Gasteiger partial charge in [0, 0.05) is 50.2 Å². The maximum absolute atomic E-state index is 4.72. The Kier molecular flexibility index (Phi) is 8.68. The van der Waals surface area contributed by atoms with Crippen LogP contribution in [0.2, 0.25) is 0 Å². The highest BCUT2D eigenvalue weighted by Gasteiger charge is 2.20. The predicted molar refractivity (Wildman–Crippen MR) is 109 cm³/mol. The summed E-state index contributed by atoms with van der Waals surface area (Å²) in [6.07, 6.45) is 5.40. The fourth-order valence-electron chi connectivity index (χ4n) is 3.61. The van der Waals surface area contributed by atoms with E-state index >= 15 is 0 Å². The lowest BCUT2D eigenvalue weighted by Gasteiger charge is -2.34. The lowest BCUT2D eigenvalue weighted by molar-refractivity contribution is 0.140. The third-order valence-corrected chi connectivity index (χ3v) is 5.46. The average molecular weight is 366 g/mol. The molecule has 2 heterocycles. The lowest BCUT2D eigenvalue weighted by atomic mass is 9.92. The Hall–Kier alpha value is -1.14. The molecule has 2 unspecified atom stereocenters. The molecule has 0 bridgehead atoms. The number of hydrogen-bond acceptors (Lipinski definition) is 4. The molecule has 6 heteroatoms. The fourth-order valence-corrected chi connectivity index (χ4v) is 4.39. The first kappa shape index (κ1) is 20.2. The van der Waals surface area contributed by atoms with Crippen LogP contribution < -0.4 is 10.6 Å². The van der Waals surface area contributed by atoms with Crippen molar-refractivity contribution in [1.29, 1.82) is 0 Å². The second-order valence-electron chi connectivity index (χ2n) is 7.36. The van der Waals surface area contributed by atoms with Crippen LogP contribution in [0.15, 0.2) is 11.2 Å². The number of piperidine rings is 1. The number of hydrogen-bond donors (Lipinski definition) is 2. The Bertz CT molecular complexity index is 518. The molecule has 1 aliphatic rings. The van der Waals surface area contributed by atoms with Crippen molar-refractivity contribution >= 4 is 17.3 Å². The number of rotatable bonds is 8. The minimum Gasteiger partial charge on any atom is -0.357 e. The maximum atomic E-state index is 4.72. The number of nitrogens with zero attached hydrogens (tertiary/aromatic N) is 3. The second kappa shape index (κ2) is 10.8. The van der Waals surface area contributed by atoms with Crippen LogP contribution in [0.25, 0.3) is 0 Å². The quantitative estimate of drug-likeness (QED) is 0.422. The number of aryl methyl sites for hydroxylation is 1. The largest absolute Gasteiger partial charge is 0.357 e. The van der Waals surface area contributed by atoms with E-state index in [1.807, 2.05) is 6.20 Å². The molecule has 142 valence electrons. The molecule has 1 aromatic rings. The molecule has 25 heavy (non-hydrogen) atoms. The number of guanidine groups is 1. The molecule has 0 radical (unpaired) electrons. The molecule has 2 atom stereocenters. The van der Waals surface area contributed by atoms with Crippen molar-refractivity contribution in [3.63, 3.8) is 0 Å². The van der Waals surface area contributed by atoms with E-state index in [-0.39, 0.29) is 0 Å². The number of nitrogens with one attached hydrogen (secondary N) is 2. The van der Waals surface area contributed by atoms with Gasteiger partial charge < -0.3 is 15.5 Å². The summed E-state index contributed by atoms with van der Waals surface area (Å²) in [5.74, 6) is 2.60. The number of likely N-dealkylation sites (tertiary alicyclic amines) is 1. The van der Waals surface area contributed by atoms with Gasteiger partial charge in [-0.3, -0.25) is 4.99 Å². The molecule has 1 aliphatic heterocycles. The molecule has 0 aliphatic carbocycles. The Morgan fingerprint density at radius 2 is 2.08 bits per heavy atom. The van der Waals surface area contributed by atoms with E-state index < -0.39 is 0 Å². The molecule has 0 spiro atoms. The molecular formula is C19H35N5S. The minimum absolute atomic E-state index is 0.834. The van der Waals surface area contributed by atoms with E-state index in [1.54, 1.807) is 11.3 Å². The Morgan fingerprint density at radius 1 is 1.32 bits per heavy atom. The molecule has 2 N–H and O–H groups in total. The smallest absolute Gasteiger partial charge is 0.191 e. The zero-order chi connectivity index (χ0) is 18.1. The summed E-state index contributed by atoms with van der Waals surface area (Å²) in [4.78, 5) is 13.0. The fraction of sp³-hybridized carbons (Fsp3) is 0.789. The molecule has 1 saturated heterocycles. The van der Waals surface area contributed by atoms with E-state index in [4.69, 9.17) is 4.99 Å². The van der Waals surface area contributed by atoms with Crippen molar-refractivity contribution in [1.82, 2.24) is 20.5 Å². The average Bonchev–Trinajstić information content (AvgIpc) is 2.96. The van der Waals surface area contributed by atoms with Gasteiger partial charge in [-0.25, -0.2) is 4.98 Å². The number of aromatic nitrogens is 1. The number of aliphatic imine (C=N–C) groups is 1. The van der Waals surface area contributed by atoms with Gasteiger partial charge in [-0.2, -0.15) is 0 Å². The maximum Gasteiger partial charge on any atom is 0.191 e. The lowest BCUT2D eigenvalue weighted by Crippen LogP contribution is -2.40.